The Balaban J connectivity index is 2.14. The van der Waals surface area contributed by atoms with Crippen molar-refractivity contribution in [2.45, 2.75) is 51.2 Å². The molecule has 4 amide bonds. The third kappa shape index (κ3) is 8.28. The molecule has 4 N–H and O–H groups in total. The van der Waals surface area contributed by atoms with Crippen LogP contribution < -0.4 is 21.5 Å². The second kappa shape index (κ2) is 12.9. The normalized spacial score (nSPS) is 18.7. The molecule has 0 bridgehead atoms. The Labute approximate surface area is 201 Å². The van der Waals surface area contributed by atoms with Crippen molar-refractivity contribution in [1.29, 1.82) is 0 Å². The van der Waals surface area contributed by atoms with Gasteiger partial charge in [0.25, 0.3) is 5.91 Å². The fraction of sp³-hybridized carbons (Fsp3) is 0.571. The predicted molar refractivity (Wildman–Crippen MR) is 121 cm³/mol. The van der Waals surface area contributed by atoms with Crippen LogP contribution >= 0.6 is 11.8 Å². The number of carboxylic acid groups (broad SMARTS) is 1. The molecule has 3 atom stereocenters. The van der Waals surface area contributed by atoms with Crippen molar-refractivity contribution < 1.29 is 29.1 Å². The van der Waals surface area contributed by atoms with E-state index in [0.29, 0.717) is 12.8 Å². The summed E-state index contributed by atoms with van der Waals surface area (Å²) in [7, 11) is 0. The number of carbonyl (C=O) groups is 5. The molecule has 1 aromatic rings. The SMILES string of the molecule is CC(C)C[C@@H](NC(=O)[C@@H]1C[C@@H](NC(=O)c2cnccn2)CCN1C(=O)CSCC(=O)[O-])C(N)=O. The van der Waals surface area contributed by atoms with E-state index < -0.39 is 47.7 Å². The molecule has 0 radical (unpaired) electrons. The molecule has 0 aromatic carbocycles. The molecule has 2 rings (SSSR count). The maximum Gasteiger partial charge on any atom is 0.271 e. The first kappa shape index (κ1) is 27.0. The number of carboxylic acids is 1. The lowest BCUT2D eigenvalue weighted by Crippen LogP contribution is -2.60. The van der Waals surface area contributed by atoms with Crippen LogP contribution in [0.4, 0.5) is 0 Å². The Bertz CT molecular complexity index is 899. The van der Waals surface area contributed by atoms with Gasteiger partial charge < -0.3 is 31.2 Å². The van der Waals surface area contributed by atoms with Gasteiger partial charge in [-0.25, -0.2) is 4.98 Å². The van der Waals surface area contributed by atoms with E-state index in [2.05, 4.69) is 20.6 Å². The van der Waals surface area contributed by atoms with Gasteiger partial charge >= 0.3 is 0 Å². The van der Waals surface area contributed by atoms with Gasteiger partial charge in [-0.2, -0.15) is 0 Å². The number of hydrogen-bond donors (Lipinski definition) is 3. The van der Waals surface area contributed by atoms with E-state index in [4.69, 9.17) is 5.73 Å². The standard InChI is InChI=1S/C21H30N6O6S/c1-12(2)7-14(19(22)31)26-21(33)16-8-13(25-20(32)15-9-23-4-5-24-15)3-6-27(16)17(28)10-34-11-18(29)30/h4-5,9,12-14,16H,3,6-8,10-11H2,1-2H3,(H2,22,31)(H,25,32)(H,26,33)(H,29,30)/p-1/t13-,14+,16-/m0/s1. The number of aromatic nitrogens is 2. The zero-order valence-electron chi connectivity index (χ0n) is 19.1. The molecule has 0 unspecified atom stereocenters. The highest BCUT2D eigenvalue weighted by molar-refractivity contribution is 8.00. The van der Waals surface area contributed by atoms with E-state index in [1.165, 1.54) is 23.5 Å². The Kier molecular flexibility index (Phi) is 10.2. The van der Waals surface area contributed by atoms with Gasteiger partial charge in [0, 0.05) is 30.7 Å². The van der Waals surface area contributed by atoms with Gasteiger partial charge in [-0.05, 0) is 25.2 Å². The second-order valence-electron chi connectivity index (χ2n) is 8.35. The molecule has 2 heterocycles. The van der Waals surface area contributed by atoms with E-state index in [1.54, 1.807) is 0 Å². The number of nitrogens with two attached hydrogens (primary N) is 1. The maximum absolute atomic E-state index is 13.1. The maximum atomic E-state index is 13.1. The van der Waals surface area contributed by atoms with Crippen molar-refractivity contribution in [2.24, 2.45) is 11.7 Å². The number of hydrogen-bond acceptors (Lipinski definition) is 9. The number of carbonyl (C=O) groups excluding carboxylic acids is 5. The van der Waals surface area contributed by atoms with Gasteiger partial charge in [-0.15, -0.1) is 11.8 Å². The summed E-state index contributed by atoms with van der Waals surface area (Å²) < 4.78 is 0. The molecule has 1 aromatic heterocycles. The summed E-state index contributed by atoms with van der Waals surface area (Å²) in [4.78, 5) is 70.0. The number of rotatable bonds is 11. The second-order valence-corrected chi connectivity index (χ2v) is 9.33. The number of aliphatic carboxylic acids is 1. The minimum absolute atomic E-state index is 0.0851. The topological polar surface area (TPSA) is 188 Å². The number of thioether (sulfide) groups is 1. The minimum atomic E-state index is -1.30. The molecular weight excluding hydrogens is 464 g/mol. The van der Waals surface area contributed by atoms with Crippen molar-refractivity contribution in [3.63, 3.8) is 0 Å². The Morgan fingerprint density at radius 3 is 2.56 bits per heavy atom. The summed E-state index contributed by atoms with van der Waals surface area (Å²) in [5, 5.41) is 16.1. The molecule has 186 valence electrons. The number of primary amides is 1. The number of likely N-dealkylation sites (tertiary alicyclic amines) is 1. The molecule has 0 spiro atoms. The summed E-state index contributed by atoms with van der Waals surface area (Å²) in [6.45, 7) is 3.91. The highest BCUT2D eigenvalue weighted by atomic mass is 32.2. The first-order chi connectivity index (χ1) is 16.1. The van der Waals surface area contributed by atoms with Gasteiger partial charge in [-0.3, -0.25) is 24.2 Å². The first-order valence-corrected chi connectivity index (χ1v) is 12.0. The summed E-state index contributed by atoms with van der Waals surface area (Å²) in [5.41, 5.74) is 5.56. The predicted octanol–water partition coefficient (Wildman–Crippen LogP) is -1.93. The average molecular weight is 494 g/mol. The van der Waals surface area contributed by atoms with Gasteiger partial charge in [0.1, 0.15) is 17.8 Å². The van der Waals surface area contributed by atoms with E-state index >= 15 is 0 Å². The molecule has 13 heteroatoms. The Hall–Kier alpha value is -3.22. The van der Waals surface area contributed by atoms with Crippen LogP contribution in [-0.4, -0.2) is 80.6 Å². The summed E-state index contributed by atoms with van der Waals surface area (Å²) in [6, 6.07) is -2.33. The zero-order valence-corrected chi connectivity index (χ0v) is 19.9. The van der Waals surface area contributed by atoms with Crippen molar-refractivity contribution in [1.82, 2.24) is 25.5 Å². The number of nitrogens with one attached hydrogen (secondary N) is 2. The third-order valence-electron chi connectivity index (χ3n) is 5.17. The van der Waals surface area contributed by atoms with Crippen LogP contribution in [-0.2, 0) is 19.2 Å². The highest BCUT2D eigenvalue weighted by Crippen LogP contribution is 2.21. The average Bonchev–Trinajstić information content (AvgIpc) is 2.78. The molecule has 0 saturated carbocycles. The smallest absolute Gasteiger partial charge is 0.271 e. The Morgan fingerprint density at radius 1 is 1.24 bits per heavy atom. The summed E-state index contributed by atoms with van der Waals surface area (Å²) in [6.07, 6.45) is 4.94. The lowest BCUT2D eigenvalue weighted by Gasteiger charge is -2.39. The van der Waals surface area contributed by atoms with Gasteiger partial charge in [0.05, 0.1) is 17.9 Å². The number of nitrogens with zero attached hydrogens (tertiary/aromatic N) is 3. The molecule has 1 aliphatic rings. The van der Waals surface area contributed by atoms with Crippen LogP contribution in [0.5, 0.6) is 0 Å². The van der Waals surface area contributed by atoms with E-state index in [0.717, 1.165) is 11.8 Å². The fourth-order valence-electron chi connectivity index (χ4n) is 3.61. The number of amides is 4. The van der Waals surface area contributed by atoms with Crippen molar-refractivity contribution in [2.75, 3.05) is 18.1 Å². The largest absolute Gasteiger partial charge is 0.549 e. The van der Waals surface area contributed by atoms with Crippen molar-refractivity contribution >= 4 is 41.4 Å². The molecule has 34 heavy (non-hydrogen) atoms. The van der Waals surface area contributed by atoms with Crippen LogP contribution in [0.2, 0.25) is 0 Å². The molecule has 1 saturated heterocycles. The van der Waals surface area contributed by atoms with Crippen molar-refractivity contribution in [3.05, 3.63) is 24.3 Å². The lowest BCUT2D eigenvalue weighted by molar-refractivity contribution is -0.301. The van der Waals surface area contributed by atoms with Crippen LogP contribution in [0, 0.1) is 5.92 Å². The van der Waals surface area contributed by atoms with Gasteiger partial charge in [-0.1, -0.05) is 13.8 Å². The van der Waals surface area contributed by atoms with Crippen LogP contribution in [0.1, 0.15) is 43.6 Å². The third-order valence-corrected chi connectivity index (χ3v) is 6.06. The molecule has 1 fully saturated rings. The summed E-state index contributed by atoms with van der Waals surface area (Å²) >= 11 is 0.869. The van der Waals surface area contributed by atoms with Crippen LogP contribution in [0.25, 0.3) is 0 Å². The molecule has 12 nitrogen and oxygen atoms in total. The van der Waals surface area contributed by atoms with E-state index in [9.17, 15) is 29.1 Å². The highest BCUT2D eigenvalue weighted by Gasteiger charge is 2.38. The molecular formula is C21H29N6O6S-. The van der Waals surface area contributed by atoms with E-state index in [-0.39, 0.29) is 36.1 Å². The minimum Gasteiger partial charge on any atom is -0.549 e. The lowest BCUT2D eigenvalue weighted by atomic mass is 9.95. The van der Waals surface area contributed by atoms with Gasteiger partial charge in [0.2, 0.25) is 17.7 Å². The van der Waals surface area contributed by atoms with Gasteiger partial charge in [0.15, 0.2) is 0 Å². The van der Waals surface area contributed by atoms with Crippen LogP contribution in [0.3, 0.4) is 0 Å². The van der Waals surface area contributed by atoms with E-state index in [1.807, 2.05) is 13.8 Å². The zero-order chi connectivity index (χ0) is 25.3. The fourth-order valence-corrected chi connectivity index (χ4v) is 4.22. The quantitative estimate of drug-likeness (QED) is 0.315. The first-order valence-electron chi connectivity index (χ1n) is 10.8. The monoisotopic (exact) mass is 493 g/mol. The summed E-state index contributed by atoms with van der Waals surface area (Å²) in [5.74, 6) is -3.86. The molecule has 0 aliphatic carbocycles. The van der Waals surface area contributed by atoms with Crippen LogP contribution in [0.15, 0.2) is 18.6 Å². The Morgan fingerprint density at radius 2 is 1.97 bits per heavy atom. The van der Waals surface area contributed by atoms with Crippen molar-refractivity contribution in [3.8, 4) is 0 Å². The number of piperidine rings is 1. The molecule has 1 aliphatic heterocycles.